The third-order valence-corrected chi connectivity index (χ3v) is 6.21. The summed E-state index contributed by atoms with van der Waals surface area (Å²) in [7, 11) is 0. The molecule has 0 bridgehead atoms. The summed E-state index contributed by atoms with van der Waals surface area (Å²) < 4.78 is 5.99. The standard InChI is InChI=1S/C22H22Cl2N2O4/c23-19-6-5-16(11-20(19)24)30-15-7-9-25(10-8-15)12-14(27)13-26-21(28)17-3-1-2-4-18(17)22(26)29/h1-6,11,14-15,27H,7-10,12-13H2/t14-/m1/s1. The first-order valence-corrected chi connectivity index (χ1v) is 10.7. The van der Waals surface area contributed by atoms with Crippen LogP contribution in [0.4, 0.5) is 0 Å². The van der Waals surface area contributed by atoms with Crippen molar-refractivity contribution in [2.45, 2.75) is 25.0 Å². The maximum Gasteiger partial charge on any atom is 0.261 e. The average Bonchev–Trinajstić information content (AvgIpc) is 2.97. The average molecular weight is 449 g/mol. The Labute approximate surface area is 184 Å². The van der Waals surface area contributed by atoms with Crippen molar-refractivity contribution in [2.24, 2.45) is 0 Å². The summed E-state index contributed by atoms with van der Waals surface area (Å²) >= 11 is 12.0. The van der Waals surface area contributed by atoms with Gasteiger partial charge in [-0.1, -0.05) is 35.3 Å². The third-order valence-electron chi connectivity index (χ3n) is 5.47. The molecule has 6 nitrogen and oxygen atoms in total. The summed E-state index contributed by atoms with van der Waals surface area (Å²) in [6.45, 7) is 1.90. The monoisotopic (exact) mass is 448 g/mol. The van der Waals surface area contributed by atoms with Gasteiger partial charge in [-0.3, -0.25) is 14.5 Å². The first kappa shape index (κ1) is 21.1. The van der Waals surface area contributed by atoms with E-state index in [-0.39, 0.29) is 24.5 Å². The van der Waals surface area contributed by atoms with E-state index in [4.69, 9.17) is 27.9 Å². The van der Waals surface area contributed by atoms with Crippen molar-refractivity contribution in [1.82, 2.24) is 9.80 Å². The van der Waals surface area contributed by atoms with Crippen LogP contribution in [0.15, 0.2) is 42.5 Å². The molecule has 2 aromatic rings. The number of piperidine rings is 1. The number of fused-ring (bicyclic) bond motifs is 1. The molecule has 2 aromatic carbocycles. The lowest BCUT2D eigenvalue weighted by Gasteiger charge is -2.33. The Morgan fingerprint density at radius 1 is 0.967 bits per heavy atom. The van der Waals surface area contributed by atoms with Gasteiger partial charge in [-0.05, 0) is 37.1 Å². The van der Waals surface area contributed by atoms with Crippen LogP contribution in [0.3, 0.4) is 0 Å². The number of aliphatic hydroxyl groups excluding tert-OH is 1. The van der Waals surface area contributed by atoms with Crippen LogP contribution in [0.2, 0.25) is 10.0 Å². The fourth-order valence-electron chi connectivity index (χ4n) is 3.92. The predicted octanol–water partition coefficient (Wildman–Crippen LogP) is 3.49. The highest BCUT2D eigenvalue weighted by Gasteiger charge is 2.36. The fraction of sp³-hybridized carbons (Fsp3) is 0.364. The van der Waals surface area contributed by atoms with Gasteiger partial charge in [-0.25, -0.2) is 0 Å². The molecule has 2 aliphatic heterocycles. The number of amides is 2. The van der Waals surface area contributed by atoms with Crippen molar-refractivity contribution < 1.29 is 19.4 Å². The molecule has 0 saturated carbocycles. The van der Waals surface area contributed by atoms with E-state index < -0.39 is 6.10 Å². The lowest BCUT2D eigenvalue weighted by molar-refractivity contribution is 0.0372. The molecule has 1 saturated heterocycles. The number of hydrogen-bond donors (Lipinski definition) is 1. The van der Waals surface area contributed by atoms with E-state index in [1.165, 1.54) is 0 Å². The van der Waals surface area contributed by atoms with Crippen molar-refractivity contribution in [3.8, 4) is 5.75 Å². The molecule has 8 heteroatoms. The fourth-order valence-corrected chi connectivity index (χ4v) is 4.21. The first-order chi connectivity index (χ1) is 14.4. The van der Waals surface area contributed by atoms with Gasteiger partial charge in [-0.15, -0.1) is 0 Å². The van der Waals surface area contributed by atoms with Gasteiger partial charge in [0.25, 0.3) is 11.8 Å². The topological polar surface area (TPSA) is 70.1 Å². The number of nitrogens with zero attached hydrogens (tertiary/aromatic N) is 2. The summed E-state index contributed by atoms with van der Waals surface area (Å²) in [6, 6.07) is 12.0. The summed E-state index contributed by atoms with van der Waals surface area (Å²) in [4.78, 5) is 28.1. The van der Waals surface area contributed by atoms with E-state index in [1.807, 2.05) is 0 Å². The number of β-amino-alcohol motifs (C(OH)–C–C–N with tert-alkyl or cyclic N) is 1. The van der Waals surface area contributed by atoms with E-state index in [1.54, 1.807) is 42.5 Å². The second-order valence-electron chi connectivity index (χ2n) is 7.61. The molecule has 0 spiro atoms. The summed E-state index contributed by atoms with van der Waals surface area (Å²) in [5, 5.41) is 11.4. The molecule has 4 rings (SSSR count). The predicted molar refractivity (Wildman–Crippen MR) is 114 cm³/mol. The van der Waals surface area contributed by atoms with E-state index >= 15 is 0 Å². The summed E-state index contributed by atoms with van der Waals surface area (Å²) in [5.74, 6) is 0.000256. The Morgan fingerprint density at radius 2 is 1.60 bits per heavy atom. The van der Waals surface area contributed by atoms with E-state index in [9.17, 15) is 14.7 Å². The highest BCUT2D eigenvalue weighted by atomic mass is 35.5. The van der Waals surface area contributed by atoms with Crippen LogP contribution in [0, 0.1) is 0 Å². The number of halogens is 2. The molecule has 1 N–H and O–H groups in total. The number of rotatable bonds is 6. The molecule has 2 amide bonds. The second-order valence-corrected chi connectivity index (χ2v) is 8.43. The Hall–Kier alpha value is -2.12. The molecule has 2 heterocycles. The SMILES string of the molecule is O=C1c2ccccc2C(=O)N1C[C@H](O)CN1CCC(Oc2ccc(Cl)c(Cl)c2)CC1. The molecule has 0 unspecified atom stereocenters. The van der Waals surface area contributed by atoms with Gasteiger partial charge in [0.15, 0.2) is 0 Å². The summed E-state index contributed by atoms with van der Waals surface area (Å²) in [6.07, 6.45) is 0.867. The van der Waals surface area contributed by atoms with Gasteiger partial charge in [0, 0.05) is 25.7 Å². The van der Waals surface area contributed by atoms with Gasteiger partial charge >= 0.3 is 0 Å². The Morgan fingerprint density at radius 3 is 2.20 bits per heavy atom. The molecule has 1 atom stereocenters. The van der Waals surface area contributed by atoms with Gasteiger partial charge in [0.2, 0.25) is 0 Å². The second kappa shape index (κ2) is 8.94. The number of carbonyl (C=O) groups is 2. The van der Waals surface area contributed by atoms with Crippen molar-refractivity contribution in [1.29, 1.82) is 0 Å². The molecular weight excluding hydrogens is 427 g/mol. The zero-order valence-corrected chi connectivity index (χ0v) is 17.8. The largest absolute Gasteiger partial charge is 0.490 e. The highest BCUT2D eigenvalue weighted by Crippen LogP contribution is 2.28. The van der Waals surface area contributed by atoms with Gasteiger partial charge in [-0.2, -0.15) is 0 Å². The minimum Gasteiger partial charge on any atom is -0.490 e. The number of carbonyl (C=O) groups excluding carboxylic acids is 2. The molecule has 30 heavy (non-hydrogen) atoms. The van der Waals surface area contributed by atoms with Crippen molar-refractivity contribution in [2.75, 3.05) is 26.2 Å². The normalized spacial score (nSPS) is 18.6. The van der Waals surface area contributed by atoms with Crippen LogP contribution < -0.4 is 4.74 Å². The Balaban J connectivity index is 1.26. The van der Waals surface area contributed by atoms with Crippen molar-refractivity contribution in [3.63, 3.8) is 0 Å². The Kier molecular flexibility index (Phi) is 6.29. The van der Waals surface area contributed by atoms with E-state index in [0.717, 1.165) is 30.8 Å². The smallest absolute Gasteiger partial charge is 0.261 e. The molecule has 0 aromatic heterocycles. The van der Waals surface area contributed by atoms with Gasteiger partial charge in [0.05, 0.1) is 33.8 Å². The Bertz CT molecular complexity index is 925. The van der Waals surface area contributed by atoms with Crippen LogP contribution in [0.1, 0.15) is 33.6 Å². The maximum absolute atomic E-state index is 12.4. The molecular formula is C22H22Cl2N2O4. The number of imide groups is 1. The zero-order chi connectivity index (χ0) is 21.3. The first-order valence-electron chi connectivity index (χ1n) is 9.89. The van der Waals surface area contributed by atoms with Crippen molar-refractivity contribution in [3.05, 3.63) is 63.6 Å². The quantitative estimate of drug-likeness (QED) is 0.684. The lowest BCUT2D eigenvalue weighted by atomic mass is 10.1. The number of aliphatic hydroxyl groups is 1. The zero-order valence-electron chi connectivity index (χ0n) is 16.3. The summed E-state index contributed by atoms with van der Waals surface area (Å²) in [5.41, 5.74) is 0.796. The molecule has 158 valence electrons. The van der Waals surface area contributed by atoms with Crippen LogP contribution in [0.25, 0.3) is 0 Å². The number of hydrogen-bond acceptors (Lipinski definition) is 5. The molecule has 0 radical (unpaired) electrons. The van der Waals surface area contributed by atoms with Crippen LogP contribution in [-0.4, -0.2) is 65.1 Å². The molecule has 0 aliphatic carbocycles. The van der Waals surface area contributed by atoms with E-state index in [2.05, 4.69) is 4.90 Å². The maximum atomic E-state index is 12.4. The van der Waals surface area contributed by atoms with Crippen LogP contribution in [0.5, 0.6) is 5.75 Å². The molecule has 2 aliphatic rings. The van der Waals surface area contributed by atoms with Crippen molar-refractivity contribution >= 4 is 35.0 Å². The minimum atomic E-state index is -0.806. The number of ether oxygens (including phenoxy) is 1. The van der Waals surface area contributed by atoms with Crippen LogP contribution in [-0.2, 0) is 0 Å². The number of benzene rings is 2. The highest BCUT2D eigenvalue weighted by molar-refractivity contribution is 6.42. The molecule has 1 fully saturated rings. The number of likely N-dealkylation sites (tertiary alicyclic amines) is 1. The van der Waals surface area contributed by atoms with Crippen LogP contribution >= 0.6 is 23.2 Å². The lowest BCUT2D eigenvalue weighted by Crippen LogP contribution is -2.46. The third kappa shape index (κ3) is 4.47. The van der Waals surface area contributed by atoms with Gasteiger partial charge in [0.1, 0.15) is 11.9 Å². The van der Waals surface area contributed by atoms with Gasteiger partial charge < -0.3 is 14.7 Å². The van der Waals surface area contributed by atoms with E-state index in [0.29, 0.717) is 33.5 Å². The minimum absolute atomic E-state index is 0.00789.